The first kappa shape index (κ1) is 14.0. The highest BCUT2D eigenvalue weighted by atomic mass is 16.5. The van der Waals surface area contributed by atoms with Gasteiger partial charge in [0, 0.05) is 18.2 Å². The summed E-state index contributed by atoms with van der Waals surface area (Å²) in [5.41, 5.74) is 1.92. The number of rotatable bonds is 3. The maximum Gasteiger partial charge on any atom is 0.310 e. The van der Waals surface area contributed by atoms with Crippen LogP contribution in [0.5, 0.6) is 0 Å². The molecule has 0 aromatic carbocycles. The zero-order valence-corrected chi connectivity index (χ0v) is 11.5. The largest absolute Gasteiger partial charge is 0.481 e. The van der Waals surface area contributed by atoms with Crippen molar-refractivity contribution in [3.63, 3.8) is 0 Å². The van der Waals surface area contributed by atoms with Crippen molar-refractivity contribution in [1.82, 2.24) is 10.1 Å². The average Bonchev–Trinajstić information content (AvgIpc) is 2.64. The molecule has 6 heteroatoms. The van der Waals surface area contributed by atoms with Crippen LogP contribution in [-0.2, 0) is 11.2 Å². The minimum Gasteiger partial charge on any atom is -0.481 e. The molecule has 0 spiro atoms. The van der Waals surface area contributed by atoms with Gasteiger partial charge in [0.1, 0.15) is 5.76 Å². The van der Waals surface area contributed by atoms with Crippen LogP contribution in [0.2, 0.25) is 0 Å². The molecular weight excluding hydrogens is 248 g/mol. The number of carboxylic acid groups (broad SMARTS) is 1. The van der Waals surface area contributed by atoms with E-state index in [1.54, 1.807) is 0 Å². The zero-order chi connectivity index (χ0) is 14.2. The van der Waals surface area contributed by atoms with E-state index >= 15 is 0 Å². The molecule has 1 saturated heterocycles. The van der Waals surface area contributed by atoms with Crippen LogP contribution in [0.25, 0.3) is 0 Å². The molecule has 0 amide bonds. The van der Waals surface area contributed by atoms with Gasteiger partial charge in [0.25, 0.3) is 0 Å². The molecule has 1 fully saturated rings. The smallest absolute Gasteiger partial charge is 0.310 e. The van der Waals surface area contributed by atoms with Crippen LogP contribution in [0, 0.1) is 19.8 Å². The number of nitrogens with zero attached hydrogens (tertiary/aromatic N) is 2. The molecular formula is C13H20N2O4. The molecule has 0 saturated carbocycles. The minimum atomic E-state index is -0.935. The number of likely N-dealkylation sites (N-methyl/N-ethyl adjacent to an activating group) is 1. The Labute approximate surface area is 112 Å². The van der Waals surface area contributed by atoms with Gasteiger partial charge in [-0.3, -0.25) is 4.79 Å². The highest BCUT2D eigenvalue weighted by molar-refractivity contribution is 5.71. The Bertz CT molecular complexity index is 452. The van der Waals surface area contributed by atoms with Crippen molar-refractivity contribution in [2.45, 2.75) is 38.8 Å². The fraction of sp³-hybridized carbons (Fsp3) is 0.692. The molecule has 3 atom stereocenters. The second kappa shape index (κ2) is 5.30. The van der Waals surface area contributed by atoms with Crippen molar-refractivity contribution in [3.05, 3.63) is 17.0 Å². The van der Waals surface area contributed by atoms with Crippen molar-refractivity contribution >= 4 is 5.97 Å². The van der Waals surface area contributed by atoms with E-state index in [0.717, 1.165) is 23.4 Å². The van der Waals surface area contributed by atoms with E-state index in [4.69, 9.17) is 9.63 Å². The van der Waals surface area contributed by atoms with Gasteiger partial charge in [-0.25, -0.2) is 0 Å². The molecule has 1 aromatic heterocycles. The molecule has 2 rings (SSSR count). The third-order valence-corrected chi connectivity index (χ3v) is 4.02. The second-order valence-corrected chi connectivity index (χ2v) is 5.35. The normalized spacial score (nSPS) is 28.5. The first-order valence-corrected chi connectivity index (χ1v) is 6.43. The predicted molar refractivity (Wildman–Crippen MR) is 67.8 cm³/mol. The lowest BCUT2D eigenvalue weighted by Gasteiger charge is -2.38. The molecule has 1 aliphatic rings. The number of aliphatic hydroxyl groups excluding tert-OH is 1. The summed E-state index contributed by atoms with van der Waals surface area (Å²) in [7, 11) is 1.89. The highest BCUT2D eigenvalue weighted by Crippen LogP contribution is 2.26. The topological polar surface area (TPSA) is 86.8 Å². The summed E-state index contributed by atoms with van der Waals surface area (Å²) < 4.78 is 5.13. The fourth-order valence-corrected chi connectivity index (χ4v) is 2.71. The summed E-state index contributed by atoms with van der Waals surface area (Å²) in [6, 6.07) is 0.113. The van der Waals surface area contributed by atoms with Crippen LogP contribution >= 0.6 is 0 Å². The molecule has 0 bridgehead atoms. The van der Waals surface area contributed by atoms with E-state index in [1.807, 2.05) is 25.8 Å². The van der Waals surface area contributed by atoms with E-state index in [0.29, 0.717) is 13.0 Å². The third kappa shape index (κ3) is 2.79. The molecule has 0 aliphatic carbocycles. The molecule has 6 nitrogen and oxygen atoms in total. The zero-order valence-electron chi connectivity index (χ0n) is 11.5. The Morgan fingerprint density at radius 3 is 2.74 bits per heavy atom. The molecule has 1 aromatic rings. The third-order valence-electron chi connectivity index (χ3n) is 4.02. The van der Waals surface area contributed by atoms with Gasteiger partial charge in [0.2, 0.25) is 0 Å². The summed E-state index contributed by atoms with van der Waals surface area (Å²) in [5.74, 6) is -0.846. The van der Waals surface area contributed by atoms with E-state index < -0.39 is 18.0 Å². The molecule has 2 heterocycles. The van der Waals surface area contributed by atoms with Crippen LogP contribution in [0.1, 0.15) is 23.4 Å². The molecule has 19 heavy (non-hydrogen) atoms. The van der Waals surface area contributed by atoms with Gasteiger partial charge in [-0.15, -0.1) is 0 Å². The van der Waals surface area contributed by atoms with E-state index in [-0.39, 0.29) is 6.04 Å². The Kier molecular flexibility index (Phi) is 3.91. The van der Waals surface area contributed by atoms with Gasteiger partial charge in [-0.05, 0) is 33.7 Å². The van der Waals surface area contributed by atoms with Crippen LogP contribution in [0.4, 0.5) is 0 Å². The van der Waals surface area contributed by atoms with Crippen molar-refractivity contribution < 1.29 is 19.5 Å². The number of likely N-dealkylation sites (tertiary alicyclic amines) is 1. The van der Waals surface area contributed by atoms with Gasteiger partial charge in [-0.1, -0.05) is 5.16 Å². The lowest BCUT2D eigenvalue weighted by atomic mass is 9.87. The second-order valence-electron chi connectivity index (χ2n) is 5.35. The van der Waals surface area contributed by atoms with E-state index in [1.165, 1.54) is 0 Å². The molecule has 1 aliphatic heterocycles. The van der Waals surface area contributed by atoms with Crippen molar-refractivity contribution in [2.24, 2.45) is 5.92 Å². The maximum atomic E-state index is 11.0. The summed E-state index contributed by atoms with van der Waals surface area (Å²) >= 11 is 0. The first-order chi connectivity index (χ1) is 8.90. The lowest BCUT2D eigenvalue weighted by molar-refractivity contribution is -0.149. The number of aliphatic carboxylic acids is 1. The lowest BCUT2D eigenvalue weighted by Crippen LogP contribution is -2.51. The van der Waals surface area contributed by atoms with Crippen molar-refractivity contribution in [3.8, 4) is 0 Å². The van der Waals surface area contributed by atoms with Gasteiger partial charge < -0.3 is 19.6 Å². The summed E-state index contributed by atoms with van der Waals surface area (Å²) in [6.45, 7) is 4.13. The number of aliphatic hydroxyl groups is 1. The van der Waals surface area contributed by atoms with Gasteiger partial charge in [0.15, 0.2) is 0 Å². The predicted octanol–water partition coefficient (Wildman–Crippen LogP) is 0.600. The van der Waals surface area contributed by atoms with Crippen molar-refractivity contribution in [1.29, 1.82) is 0 Å². The number of aromatic nitrogens is 1. The first-order valence-electron chi connectivity index (χ1n) is 6.43. The maximum absolute atomic E-state index is 11.0. The van der Waals surface area contributed by atoms with Crippen LogP contribution in [0.15, 0.2) is 4.52 Å². The number of carbonyl (C=O) groups is 1. The number of aryl methyl sites for hydroxylation is 2. The fourth-order valence-electron chi connectivity index (χ4n) is 2.71. The molecule has 0 radical (unpaired) electrons. The van der Waals surface area contributed by atoms with Gasteiger partial charge in [-0.2, -0.15) is 0 Å². The Hall–Kier alpha value is -1.40. The van der Waals surface area contributed by atoms with E-state index in [2.05, 4.69) is 5.16 Å². The van der Waals surface area contributed by atoms with Gasteiger partial charge >= 0.3 is 5.97 Å². The van der Waals surface area contributed by atoms with Crippen LogP contribution < -0.4 is 0 Å². The Morgan fingerprint density at radius 1 is 1.53 bits per heavy atom. The average molecular weight is 268 g/mol. The monoisotopic (exact) mass is 268 g/mol. The standard InChI is InChI=1S/C13H20N2O4/c1-7-10(8(2)19-14-7)4-9-5-12(16)11(13(17)18)6-15(9)3/h9,11-12,16H,4-6H2,1-3H3,(H,17,18). The SMILES string of the molecule is Cc1noc(C)c1CC1CC(O)C(C(=O)O)CN1C. The number of carboxylic acids is 1. The highest BCUT2D eigenvalue weighted by Gasteiger charge is 2.37. The summed E-state index contributed by atoms with van der Waals surface area (Å²) in [6.07, 6.45) is 0.387. The van der Waals surface area contributed by atoms with Crippen LogP contribution in [-0.4, -0.2) is 52.0 Å². The number of hydrogen-bond donors (Lipinski definition) is 2. The quantitative estimate of drug-likeness (QED) is 0.834. The molecule has 3 unspecified atom stereocenters. The number of hydrogen-bond acceptors (Lipinski definition) is 5. The molecule has 2 N–H and O–H groups in total. The summed E-state index contributed by atoms with van der Waals surface area (Å²) in [4.78, 5) is 13.0. The Balaban J connectivity index is 2.09. The van der Waals surface area contributed by atoms with Crippen LogP contribution in [0.3, 0.4) is 0 Å². The number of piperidine rings is 1. The van der Waals surface area contributed by atoms with Crippen molar-refractivity contribution in [2.75, 3.05) is 13.6 Å². The van der Waals surface area contributed by atoms with Gasteiger partial charge in [0.05, 0.1) is 17.7 Å². The molecule has 106 valence electrons. The Morgan fingerprint density at radius 2 is 2.21 bits per heavy atom. The van der Waals surface area contributed by atoms with E-state index in [9.17, 15) is 9.90 Å². The summed E-state index contributed by atoms with van der Waals surface area (Å²) in [5, 5.41) is 22.9. The minimum absolute atomic E-state index is 0.113.